The van der Waals surface area contributed by atoms with Crippen LogP contribution in [-0.2, 0) is 4.79 Å². The van der Waals surface area contributed by atoms with Crippen LogP contribution >= 0.6 is 15.9 Å². The zero-order valence-corrected chi connectivity index (χ0v) is 10.3. The summed E-state index contributed by atoms with van der Waals surface area (Å²) in [5.41, 5.74) is 1.14. The molecule has 1 saturated heterocycles. The number of rotatable bonds is 2. The number of nitrogens with zero attached hydrogens (tertiary/aromatic N) is 1. The Morgan fingerprint density at radius 3 is 3.00 bits per heavy atom. The van der Waals surface area contributed by atoms with Gasteiger partial charge in [0.25, 0.3) is 0 Å². The van der Waals surface area contributed by atoms with E-state index in [-0.39, 0.29) is 11.8 Å². The summed E-state index contributed by atoms with van der Waals surface area (Å²) < 4.78 is 1.06. The molecule has 2 rings (SSSR count). The molecule has 0 N–H and O–H groups in total. The van der Waals surface area contributed by atoms with E-state index in [1.807, 2.05) is 12.1 Å². The number of Topliss-reactive ketones (excluding diaryl/α,β-unsaturated/α-hetero) is 1. The normalized spacial score (nSPS) is 20.7. The third-order valence-corrected chi connectivity index (χ3v) is 3.36. The van der Waals surface area contributed by atoms with E-state index in [1.54, 1.807) is 6.92 Å². The van der Waals surface area contributed by atoms with Crippen LogP contribution in [0.3, 0.4) is 0 Å². The number of hydrogen-bond acceptors (Lipinski definition) is 2. The monoisotopic (exact) mass is 267 g/mol. The van der Waals surface area contributed by atoms with E-state index in [9.17, 15) is 4.79 Å². The van der Waals surface area contributed by atoms with Crippen molar-refractivity contribution in [3.8, 4) is 0 Å². The van der Waals surface area contributed by atoms with Crippen LogP contribution in [0.25, 0.3) is 0 Å². The van der Waals surface area contributed by atoms with Gasteiger partial charge in [-0.05, 0) is 38.0 Å². The van der Waals surface area contributed by atoms with Gasteiger partial charge in [0, 0.05) is 16.7 Å². The van der Waals surface area contributed by atoms with Gasteiger partial charge in [0.2, 0.25) is 0 Å². The predicted molar refractivity (Wildman–Crippen MR) is 65.2 cm³/mol. The smallest absolute Gasteiger partial charge is 0.152 e. The molecule has 0 bridgehead atoms. The first kappa shape index (κ1) is 10.7. The summed E-state index contributed by atoms with van der Waals surface area (Å²) in [6.45, 7) is 2.67. The minimum Gasteiger partial charge on any atom is -0.361 e. The number of anilines is 1. The maximum atomic E-state index is 11.5. The van der Waals surface area contributed by atoms with Crippen LogP contribution in [0.15, 0.2) is 28.7 Å². The predicted octanol–water partition coefficient (Wildman–Crippen LogP) is 3.01. The Labute approximate surface area is 98.4 Å². The molecule has 0 radical (unpaired) electrons. The van der Waals surface area contributed by atoms with Gasteiger partial charge in [0.15, 0.2) is 5.78 Å². The van der Waals surface area contributed by atoms with Gasteiger partial charge < -0.3 is 4.90 Å². The molecule has 3 heteroatoms. The summed E-state index contributed by atoms with van der Waals surface area (Å²) in [6, 6.07) is 8.23. The summed E-state index contributed by atoms with van der Waals surface area (Å²) in [4.78, 5) is 13.7. The van der Waals surface area contributed by atoms with Crippen LogP contribution in [0.5, 0.6) is 0 Å². The third-order valence-electron chi connectivity index (χ3n) is 2.86. The molecule has 1 aliphatic heterocycles. The number of halogens is 1. The Balaban J connectivity index is 2.26. The first-order chi connectivity index (χ1) is 7.18. The molecule has 2 nitrogen and oxygen atoms in total. The second-order valence-electron chi connectivity index (χ2n) is 3.94. The maximum Gasteiger partial charge on any atom is 0.152 e. The highest BCUT2D eigenvalue weighted by molar-refractivity contribution is 9.10. The van der Waals surface area contributed by atoms with Crippen molar-refractivity contribution in [3.63, 3.8) is 0 Å². The lowest BCUT2D eigenvalue weighted by Crippen LogP contribution is -2.34. The van der Waals surface area contributed by atoms with Gasteiger partial charge in [-0.1, -0.05) is 22.0 Å². The van der Waals surface area contributed by atoms with Gasteiger partial charge in [0.1, 0.15) is 0 Å². The molecule has 1 unspecified atom stereocenters. The Morgan fingerprint density at radius 1 is 1.53 bits per heavy atom. The molecule has 0 saturated carbocycles. The SMILES string of the molecule is CC(=O)C1CCCN1c1cccc(Br)c1. The largest absolute Gasteiger partial charge is 0.361 e. The van der Waals surface area contributed by atoms with Gasteiger partial charge in [-0.25, -0.2) is 0 Å². The van der Waals surface area contributed by atoms with E-state index in [1.165, 1.54) is 0 Å². The quantitative estimate of drug-likeness (QED) is 0.821. The molecule has 1 heterocycles. The van der Waals surface area contributed by atoms with Crippen molar-refractivity contribution in [1.29, 1.82) is 0 Å². The highest BCUT2D eigenvalue weighted by Crippen LogP contribution is 2.27. The zero-order valence-electron chi connectivity index (χ0n) is 8.74. The molecule has 15 heavy (non-hydrogen) atoms. The Kier molecular flexibility index (Phi) is 3.10. The molecule has 1 atom stereocenters. The first-order valence-electron chi connectivity index (χ1n) is 5.21. The minimum atomic E-state index is 0.0827. The molecule has 0 amide bonds. The van der Waals surface area contributed by atoms with Gasteiger partial charge in [0.05, 0.1) is 6.04 Å². The second-order valence-corrected chi connectivity index (χ2v) is 4.86. The minimum absolute atomic E-state index is 0.0827. The summed E-state index contributed by atoms with van der Waals surface area (Å²) in [5.74, 6) is 0.271. The van der Waals surface area contributed by atoms with Crippen molar-refractivity contribution in [2.24, 2.45) is 0 Å². The molecule has 0 aromatic heterocycles. The molecule has 1 aromatic rings. The van der Waals surface area contributed by atoms with Crippen LogP contribution in [0.1, 0.15) is 19.8 Å². The number of ketones is 1. The fourth-order valence-electron chi connectivity index (χ4n) is 2.15. The third kappa shape index (κ3) is 2.23. The lowest BCUT2D eigenvalue weighted by Gasteiger charge is -2.24. The molecule has 1 aromatic carbocycles. The van der Waals surface area contributed by atoms with Crippen LogP contribution < -0.4 is 4.90 Å². The lowest BCUT2D eigenvalue weighted by atomic mass is 10.1. The van der Waals surface area contributed by atoms with Gasteiger partial charge >= 0.3 is 0 Å². The summed E-state index contributed by atoms with van der Waals surface area (Å²) >= 11 is 3.45. The van der Waals surface area contributed by atoms with E-state index in [4.69, 9.17) is 0 Å². The standard InChI is InChI=1S/C12H14BrNO/c1-9(15)12-6-3-7-14(12)11-5-2-4-10(13)8-11/h2,4-5,8,12H,3,6-7H2,1H3. The van der Waals surface area contributed by atoms with Gasteiger partial charge in [-0.3, -0.25) is 4.79 Å². The Bertz CT molecular complexity index is 378. The van der Waals surface area contributed by atoms with E-state index >= 15 is 0 Å². The number of carbonyl (C=O) groups is 1. The van der Waals surface area contributed by atoms with Crippen LogP contribution in [-0.4, -0.2) is 18.4 Å². The van der Waals surface area contributed by atoms with Crippen LogP contribution in [0.2, 0.25) is 0 Å². The van der Waals surface area contributed by atoms with Gasteiger partial charge in [-0.15, -0.1) is 0 Å². The highest BCUT2D eigenvalue weighted by Gasteiger charge is 2.27. The second kappa shape index (κ2) is 4.35. The van der Waals surface area contributed by atoms with Gasteiger partial charge in [-0.2, -0.15) is 0 Å². The fourth-order valence-corrected chi connectivity index (χ4v) is 2.54. The topological polar surface area (TPSA) is 20.3 Å². The lowest BCUT2D eigenvalue weighted by molar-refractivity contribution is -0.118. The number of hydrogen-bond donors (Lipinski definition) is 0. The first-order valence-corrected chi connectivity index (χ1v) is 6.00. The molecular weight excluding hydrogens is 254 g/mol. The van der Waals surface area contributed by atoms with Crippen LogP contribution in [0.4, 0.5) is 5.69 Å². The molecule has 0 aliphatic carbocycles. The molecule has 1 fully saturated rings. The molecular formula is C12H14BrNO. The summed E-state index contributed by atoms with van der Waals surface area (Å²) in [7, 11) is 0. The molecule has 0 spiro atoms. The number of carbonyl (C=O) groups excluding carboxylic acids is 1. The summed E-state index contributed by atoms with van der Waals surface area (Å²) in [6.07, 6.45) is 2.10. The Hall–Kier alpha value is -0.830. The summed E-state index contributed by atoms with van der Waals surface area (Å²) in [5, 5.41) is 0. The fraction of sp³-hybridized carbons (Fsp3) is 0.417. The zero-order chi connectivity index (χ0) is 10.8. The van der Waals surface area contributed by atoms with E-state index < -0.39 is 0 Å². The van der Waals surface area contributed by atoms with Crippen LogP contribution in [0, 0.1) is 0 Å². The van der Waals surface area contributed by atoms with E-state index in [0.717, 1.165) is 29.5 Å². The van der Waals surface area contributed by atoms with Crippen molar-refractivity contribution in [1.82, 2.24) is 0 Å². The highest BCUT2D eigenvalue weighted by atomic mass is 79.9. The Morgan fingerprint density at radius 2 is 2.33 bits per heavy atom. The van der Waals surface area contributed by atoms with Crippen molar-refractivity contribution >= 4 is 27.4 Å². The van der Waals surface area contributed by atoms with Crippen molar-refractivity contribution in [3.05, 3.63) is 28.7 Å². The molecule has 80 valence electrons. The maximum absolute atomic E-state index is 11.5. The molecule has 1 aliphatic rings. The number of benzene rings is 1. The van der Waals surface area contributed by atoms with Crippen molar-refractivity contribution in [2.75, 3.05) is 11.4 Å². The average Bonchev–Trinajstić information content (AvgIpc) is 2.65. The van der Waals surface area contributed by atoms with E-state index in [2.05, 4.69) is 33.0 Å². The van der Waals surface area contributed by atoms with E-state index in [0.29, 0.717) is 0 Å². The van der Waals surface area contributed by atoms with Crippen molar-refractivity contribution < 1.29 is 4.79 Å². The van der Waals surface area contributed by atoms with Crippen molar-refractivity contribution in [2.45, 2.75) is 25.8 Å². The average molecular weight is 268 g/mol.